The van der Waals surface area contributed by atoms with Crippen molar-refractivity contribution in [3.8, 4) is 0 Å². The van der Waals surface area contributed by atoms with E-state index in [1.165, 1.54) is 37.7 Å². The fraction of sp³-hybridized carbons (Fsp3) is 0.647. The number of benzene rings is 1. The molecule has 2 rings (SSSR count). The van der Waals surface area contributed by atoms with Crippen LogP contribution in [0.4, 0.5) is 0 Å². The van der Waals surface area contributed by atoms with Gasteiger partial charge in [-0.3, -0.25) is 4.90 Å². The first kappa shape index (κ1) is 16.2. The lowest BCUT2D eigenvalue weighted by Gasteiger charge is -2.41. The average molecular weight is 312 g/mol. The molecule has 0 aromatic heterocycles. The normalized spacial score (nSPS) is 20.1. The quantitative estimate of drug-likeness (QED) is 0.730. The summed E-state index contributed by atoms with van der Waals surface area (Å²) in [5, 5.41) is 0.823. The Morgan fingerprint density at radius 1 is 1.30 bits per heavy atom. The lowest BCUT2D eigenvalue weighted by molar-refractivity contribution is 0.120. The average Bonchev–Trinajstić information content (AvgIpc) is 2.47. The highest BCUT2D eigenvalue weighted by molar-refractivity contribution is 7.80. The molecular weight excluding hydrogens is 286 g/mol. The molecule has 1 unspecified atom stereocenters. The Labute approximate surface area is 134 Å². The molecule has 1 aromatic carbocycles. The zero-order valence-corrected chi connectivity index (χ0v) is 14.3. The molecule has 1 aliphatic rings. The molecule has 0 N–H and O–H groups in total. The predicted octanol–water partition coefficient (Wildman–Crippen LogP) is 5.21. The van der Waals surface area contributed by atoms with Crippen LogP contribution in [0.2, 0.25) is 5.02 Å². The van der Waals surface area contributed by atoms with Gasteiger partial charge in [0.05, 0.1) is 0 Å². The first-order chi connectivity index (χ1) is 9.56. The van der Waals surface area contributed by atoms with Gasteiger partial charge in [-0.1, -0.05) is 43.0 Å². The van der Waals surface area contributed by atoms with E-state index >= 15 is 0 Å². The van der Waals surface area contributed by atoms with Crippen LogP contribution in [-0.4, -0.2) is 24.2 Å². The zero-order valence-electron chi connectivity index (χ0n) is 12.6. The lowest BCUT2D eigenvalue weighted by atomic mass is 9.75. The van der Waals surface area contributed by atoms with Gasteiger partial charge in [0, 0.05) is 17.6 Å². The highest BCUT2D eigenvalue weighted by atomic mass is 35.5. The van der Waals surface area contributed by atoms with Crippen molar-refractivity contribution in [3.63, 3.8) is 0 Å². The van der Waals surface area contributed by atoms with E-state index in [-0.39, 0.29) is 0 Å². The first-order valence-corrected chi connectivity index (χ1v) is 8.64. The number of rotatable bonds is 5. The Morgan fingerprint density at radius 3 is 2.60 bits per heavy atom. The van der Waals surface area contributed by atoms with Gasteiger partial charge < -0.3 is 0 Å². The monoisotopic (exact) mass is 311 g/mol. The van der Waals surface area contributed by atoms with Gasteiger partial charge in [-0.2, -0.15) is 12.6 Å². The van der Waals surface area contributed by atoms with Crippen LogP contribution in [0.15, 0.2) is 24.3 Å². The summed E-state index contributed by atoms with van der Waals surface area (Å²) in [6.45, 7) is 3.39. The van der Waals surface area contributed by atoms with Crippen LogP contribution >= 0.6 is 24.2 Å². The van der Waals surface area contributed by atoms with E-state index in [9.17, 15) is 0 Å². The van der Waals surface area contributed by atoms with Crippen LogP contribution in [-0.2, 0) is 0 Å². The van der Waals surface area contributed by atoms with Gasteiger partial charge in [-0.15, -0.1) is 0 Å². The van der Waals surface area contributed by atoms with E-state index in [4.69, 9.17) is 11.6 Å². The molecule has 1 aliphatic carbocycles. The summed E-state index contributed by atoms with van der Waals surface area (Å²) in [4.78, 5) is 2.47. The SMILES string of the molecule is CC(c1cccc(Cl)c1)N(C)CC1(CS)CCCCC1. The molecule has 1 atom stereocenters. The van der Waals surface area contributed by atoms with E-state index in [1.54, 1.807) is 0 Å². The summed E-state index contributed by atoms with van der Waals surface area (Å²) in [6, 6.07) is 8.62. The first-order valence-electron chi connectivity index (χ1n) is 7.63. The van der Waals surface area contributed by atoms with Crippen LogP contribution in [0, 0.1) is 5.41 Å². The van der Waals surface area contributed by atoms with Crippen molar-refractivity contribution >= 4 is 24.2 Å². The third-order valence-corrected chi connectivity index (χ3v) is 5.73. The number of nitrogens with zero attached hydrogens (tertiary/aromatic N) is 1. The van der Waals surface area contributed by atoms with Crippen molar-refractivity contribution in [1.82, 2.24) is 4.90 Å². The highest BCUT2D eigenvalue weighted by Gasteiger charge is 2.32. The van der Waals surface area contributed by atoms with Crippen LogP contribution < -0.4 is 0 Å². The van der Waals surface area contributed by atoms with E-state index < -0.39 is 0 Å². The van der Waals surface area contributed by atoms with E-state index in [1.807, 2.05) is 12.1 Å². The van der Waals surface area contributed by atoms with Crippen molar-refractivity contribution in [2.24, 2.45) is 5.41 Å². The summed E-state index contributed by atoms with van der Waals surface area (Å²) in [6.07, 6.45) is 6.76. The maximum absolute atomic E-state index is 6.11. The molecular formula is C17H26ClNS. The second kappa shape index (κ2) is 7.20. The lowest BCUT2D eigenvalue weighted by Crippen LogP contribution is -2.39. The molecule has 3 heteroatoms. The smallest absolute Gasteiger partial charge is 0.0409 e. The fourth-order valence-corrected chi connectivity index (χ4v) is 3.97. The predicted molar refractivity (Wildman–Crippen MR) is 91.9 cm³/mol. The van der Waals surface area contributed by atoms with Crippen LogP contribution in [0.1, 0.15) is 50.6 Å². The van der Waals surface area contributed by atoms with Crippen molar-refractivity contribution in [2.75, 3.05) is 19.3 Å². The Hall–Kier alpha value is -0.180. The Balaban J connectivity index is 2.04. The number of halogens is 1. The molecule has 1 fully saturated rings. The Kier molecular flexibility index (Phi) is 5.83. The molecule has 0 saturated heterocycles. The third kappa shape index (κ3) is 3.93. The molecule has 0 radical (unpaired) electrons. The molecule has 1 nitrogen and oxygen atoms in total. The molecule has 0 bridgehead atoms. The van der Waals surface area contributed by atoms with Gasteiger partial charge in [0.15, 0.2) is 0 Å². The minimum atomic E-state index is 0.396. The minimum absolute atomic E-state index is 0.396. The zero-order chi connectivity index (χ0) is 14.6. The molecule has 0 heterocycles. The van der Waals surface area contributed by atoms with Gasteiger partial charge in [-0.05, 0) is 55.7 Å². The highest BCUT2D eigenvalue weighted by Crippen LogP contribution is 2.39. The van der Waals surface area contributed by atoms with E-state index in [2.05, 4.69) is 43.6 Å². The maximum atomic E-state index is 6.11. The van der Waals surface area contributed by atoms with Crippen molar-refractivity contribution in [1.29, 1.82) is 0 Å². The van der Waals surface area contributed by atoms with E-state index in [0.29, 0.717) is 11.5 Å². The summed E-state index contributed by atoms with van der Waals surface area (Å²) >= 11 is 10.8. The standard InChI is InChI=1S/C17H26ClNS/c1-14(15-7-6-8-16(18)11-15)19(2)12-17(13-20)9-4-3-5-10-17/h6-8,11,14,20H,3-5,9-10,12-13H2,1-2H3. The summed E-state index contributed by atoms with van der Waals surface area (Å²) in [7, 11) is 2.23. The number of hydrogen-bond acceptors (Lipinski definition) is 2. The van der Waals surface area contributed by atoms with Crippen molar-refractivity contribution in [2.45, 2.75) is 45.1 Å². The van der Waals surface area contributed by atoms with Crippen LogP contribution in [0.3, 0.4) is 0 Å². The van der Waals surface area contributed by atoms with Crippen LogP contribution in [0.25, 0.3) is 0 Å². The number of thiol groups is 1. The molecule has 112 valence electrons. The van der Waals surface area contributed by atoms with Gasteiger partial charge >= 0.3 is 0 Å². The largest absolute Gasteiger partial charge is 0.299 e. The molecule has 1 saturated carbocycles. The summed E-state index contributed by atoms with van der Waals surface area (Å²) < 4.78 is 0. The van der Waals surface area contributed by atoms with Gasteiger partial charge in [0.2, 0.25) is 0 Å². The summed E-state index contributed by atoms with van der Waals surface area (Å²) in [5.74, 6) is 1.000. The Bertz CT molecular complexity index is 429. The second-order valence-electron chi connectivity index (χ2n) is 6.36. The van der Waals surface area contributed by atoms with Crippen molar-refractivity contribution in [3.05, 3.63) is 34.9 Å². The topological polar surface area (TPSA) is 3.24 Å². The molecule has 0 amide bonds. The van der Waals surface area contributed by atoms with Gasteiger partial charge in [0.1, 0.15) is 0 Å². The minimum Gasteiger partial charge on any atom is -0.299 e. The molecule has 0 spiro atoms. The second-order valence-corrected chi connectivity index (χ2v) is 7.12. The van der Waals surface area contributed by atoms with Gasteiger partial charge in [-0.25, -0.2) is 0 Å². The number of hydrogen-bond donors (Lipinski definition) is 1. The Morgan fingerprint density at radius 2 is 2.00 bits per heavy atom. The molecule has 0 aliphatic heterocycles. The fourth-order valence-electron chi connectivity index (χ4n) is 3.35. The maximum Gasteiger partial charge on any atom is 0.0409 e. The van der Waals surface area contributed by atoms with Crippen LogP contribution in [0.5, 0.6) is 0 Å². The van der Waals surface area contributed by atoms with E-state index in [0.717, 1.165) is 17.3 Å². The molecule has 20 heavy (non-hydrogen) atoms. The van der Waals surface area contributed by atoms with Crippen molar-refractivity contribution < 1.29 is 0 Å². The third-order valence-electron chi connectivity index (χ3n) is 4.83. The van der Waals surface area contributed by atoms with Gasteiger partial charge in [0.25, 0.3) is 0 Å². The molecule has 1 aromatic rings. The summed E-state index contributed by atoms with van der Waals surface area (Å²) in [5.41, 5.74) is 1.70.